The summed E-state index contributed by atoms with van der Waals surface area (Å²) in [5.74, 6) is 1.49. The lowest BCUT2D eigenvalue weighted by Gasteiger charge is -2.11. The van der Waals surface area contributed by atoms with Gasteiger partial charge in [-0.15, -0.1) is 0 Å². The van der Waals surface area contributed by atoms with E-state index in [1.54, 1.807) is 19.2 Å². The maximum Gasteiger partial charge on any atom is 0.255 e. The van der Waals surface area contributed by atoms with E-state index in [2.05, 4.69) is 70.5 Å². The number of carbonyl (C=O) groups is 1. The second kappa shape index (κ2) is 9.79. The Morgan fingerprint density at radius 1 is 0.912 bits per heavy atom. The fraction of sp³-hybridized carbons (Fsp3) is 0.172. The maximum absolute atomic E-state index is 12.6. The average molecular weight is 450 g/mol. The minimum Gasteiger partial charge on any atom is -0.496 e. The Balaban J connectivity index is 1.31. The molecule has 0 unspecified atom stereocenters. The van der Waals surface area contributed by atoms with E-state index in [9.17, 15) is 4.79 Å². The number of hydrogen-bond donors (Lipinski definition) is 1. The fourth-order valence-electron chi connectivity index (χ4n) is 4.39. The van der Waals surface area contributed by atoms with Crippen molar-refractivity contribution in [3.8, 4) is 5.75 Å². The molecule has 0 fully saturated rings. The van der Waals surface area contributed by atoms with Crippen LogP contribution >= 0.6 is 0 Å². The van der Waals surface area contributed by atoms with Gasteiger partial charge in [-0.1, -0.05) is 60.7 Å². The second-order valence-corrected chi connectivity index (χ2v) is 8.34. The molecule has 1 N–H and O–H groups in total. The van der Waals surface area contributed by atoms with Gasteiger partial charge in [0, 0.05) is 19.5 Å². The van der Waals surface area contributed by atoms with Crippen molar-refractivity contribution >= 4 is 27.7 Å². The van der Waals surface area contributed by atoms with Gasteiger partial charge >= 0.3 is 0 Å². The molecule has 5 nitrogen and oxygen atoms in total. The van der Waals surface area contributed by atoms with Crippen LogP contribution in [0.25, 0.3) is 21.8 Å². The summed E-state index contributed by atoms with van der Waals surface area (Å²) in [5.41, 5.74) is 3.92. The number of ether oxygens (including phenoxy) is 1. The Morgan fingerprint density at radius 2 is 1.68 bits per heavy atom. The number of carbonyl (C=O) groups excluding carboxylic acids is 1. The third-order valence-electron chi connectivity index (χ3n) is 6.10. The molecule has 1 heterocycles. The van der Waals surface area contributed by atoms with E-state index < -0.39 is 0 Å². The van der Waals surface area contributed by atoms with Crippen molar-refractivity contribution in [2.45, 2.75) is 19.4 Å². The molecule has 4 aromatic carbocycles. The van der Waals surface area contributed by atoms with Crippen LogP contribution in [0.3, 0.4) is 0 Å². The molecule has 0 aliphatic heterocycles. The lowest BCUT2D eigenvalue weighted by molar-refractivity contribution is 0.0950. The number of hydrogen-bond acceptors (Lipinski definition) is 3. The normalized spacial score (nSPS) is 11.1. The molecule has 0 radical (unpaired) electrons. The number of aromatic nitrogens is 2. The van der Waals surface area contributed by atoms with E-state index >= 15 is 0 Å². The number of fused-ring (bicyclic) bond motifs is 2. The van der Waals surface area contributed by atoms with E-state index in [1.807, 2.05) is 18.2 Å². The molecule has 0 bridgehead atoms. The first kappa shape index (κ1) is 21.7. The van der Waals surface area contributed by atoms with Gasteiger partial charge in [-0.05, 0) is 53.1 Å². The quantitative estimate of drug-likeness (QED) is 0.313. The zero-order valence-electron chi connectivity index (χ0n) is 19.2. The molecule has 34 heavy (non-hydrogen) atoms. The van der Waals surface area contributed by atoms with Crippen molar-refractivity contribution in [2.24, 2.45) is 0 Å². The van der Waals surface area contributed by atoms with Crippen LogP contribution in [0.4, 0.5) is 0 Å². The average Bonchev–Trinajstić information content (AvgIpc) is 3.23. The smallest absolute Gasteiger partial charge is 0.255 e. The van der Waals surface area contributed by atoms with E-state index in [0.717, 1.165) is 36.2 Å². The molecule has 5 aromatic rings. The van der Waals surface area contributed by atoms with Gasteiger partial charge in [0.2, 0.25) is 0 Å². The van der Waals surface area contributed by atoms with Crippen LogP contribution in [0.15, 0.2) is 91.0 Å². The summed E-state index contributed by atoms with van der Waals surface area (Å²) in [7, 11) is 1.58. The van der Waals surface area contributed by atoms with Gasteiger partial charge in [-0.2, -0.15) is 0 Å². The molecule has 0 aliphatic carbocycles. The summed E-state index contributed by atoms with van der Waals surface area (Å²) in [5, 5.41) is 5.50. The van der Waals surface area contributed by atoms with Crippen LogP contribution in [0, 0.1) is 0 Å². The van der Waals surface area contributed by atoms with Crippen molar-refractivity contribution in [3.05, 3.63) is 108 Å². The molecular formula is C29H27N3O2. The molecule has 0 saturated heterocycles. The minimum absolute atomic E-state index is 0.123. The number of aryl methyl sites for hydroxylation is 1. The van der Waals surface area contributed by atoms with Crippen molar-refractivity contribution in [1.29, 1.82) is 0 Å². The SMILES string of the molecule is COc1ccccc1C(=O)NCCCc1nc2ccccc2n1Cc1ccc2ccccc2c1. The van der Waals surface area contributed by atoms with Crippen molar-refractivity contribution in [1.82, 2.24) is 14.9 Å². The van der Waals surface area contributed by atoms with Crippen LogP contribution in [-0.2, 0) is 13.0 Å². The number of nitrogens with one attached hydrogen (secondary N) is 1. The summed E-state index contributed by atoms with van der Waals surface area (Å²) in [4.78, 5) is 17.5. The van der Waals surface area contributed by atoms with Crippen molar-refractivity contribution < 1.29 is 9.53 Å². The second-order valence-electron chi connectivity index (χ2n) is 8.34. The summed E-state index contributed by atoms with van der Waals surface area (Å²) >= 11 is 0. The number of para-hydroxylation sites is 3. The topological polar surface area (TPSA) is 56.1 Å². The molecule has 1 amide bonds. The first-order chi connectivity index (χ1) is 16.7. The Hall–Kier alpha value is -4.12. The van der Waals surface area contributed by atoms with Crippen molar-refractivity contribution in [2.75, 3.05) is 13.7 Å². The number of imidazole rings is 1. The van der Waals surface area contributed by atoms with Crippen LogP contribution < -0.4 is 10.1 Å². The zero-order valence-corrected chi connectivity index (χ0v) is 19.2. The predicted octanol–water partition coefficient (Wildman–Crippen LogP) is 5.61. The van der Waals surface area contributed by atoms with E-state index in [-0.39, 0.29) is 5.91 Å². The maximum atomic E-state index is 12.6. The van der Waals surface area contributed by atoms with E-state index in [1.165, 1.54) is 16.3 Å². The Bertz CT molecular complexity index is 1450. The fourth-order valence-corrected chi connectivity index (χ4v) is 4.39. The molecule has 5 rings (SSSR count). The molecule has 5 heteroatoms. The largest absolute Gasteiger partial charge is 0.496 e. The number of amides is 1. The van der Waals surface area contributed by atoms with Gasteiger partial charge in [0.15, 0.2) is 0 Å². The van der Waals surface area contributed by atoms with Crippen LogP contribution in [-0.4, -0.2) is 29.1 Å². The van der Waals surface area contributed by atoms with Crippen LogP contribution in [0.2, 0.25) is 0 Å². The molecule has 170 valence electrons. The third kappa shape index (κ3) is 4.50. The zero-order chi connectivity index (χ0) is 23.3. The van der Waals surface area contributed by atoms with Gasteiger partial charge < -0.3 is 14.6 Å². The highest BCUT2D eigenvalue weighted by Gasteiger charge is 2.13. The highest BCUT2D eigenvalue weighted by molar-refractivity contribution is 5.96. The highest BCUT2D eigenvalue weighted by atomic mass is 16.5. The summed E-state index contributed by atoms with van der Waals surface area (Å²) < 4.78 is 7.59. The van der Waals surface area contributed by atoms with Gasteiger partial charge in [0.05, 0.1) is 23.7 Å². The summed E-state index contributed by atoms with van der Waals surface area (Å²) in [6.07, 6.45) is 1.57. The molecular weight excluding hydrogens is 422 g/mol. The molecule has 0 atom stereocenters. The first-order valence-electron chi connectivity index (χ1n) is 11.6. The molecule has 1 aromatic heterocycles. The number of nitrogens with zero attached hydrogens (tertiary/aromatic N) is 2. The standard InChI is InChI=1S/C29H27N3O2/c1-34-27-14-7-4-11-24(27)29(33)30-18-8-15-28-31-25-12-5-6-13-26(25)32(28)20-21-16-17-22-9-2-3-10-23(22)19-21/h2-7,9-14,16-17,19H,8,15,18,20H2,1H3,(H,30,33). The van der Waals surface area contributed by atoms with Gasteiger partial charge in [-0.3, -0.25) is 4.79 Å². The number of benzene rings is 4. The Kier molecular flexibility index (Phi) is 6.25. The molecule has 0 saturated carbocycles. The van der Waals surface area contributed by atoms with Crippen LogP contribution in [0.5, 0.6) is 5.75 Å². The minimum atomic E-state index is -0.123. The van der Waals surface area contributed by atoms with Gasteiger partial charge in [-0.25, -0.2) is 4.98 Å². The van der Waals surface area contributed by atoms with Crippen LogP contribution in [0.1, 0.15) is 28.2 Å². The Labute approximate surface area is 199 Å². The van der Waals surface area contributed by atoms with E-state index in [4.69, 9.17) is 9.72 Å². The van der Waals surface area contributed by atoms with Gasteiger partial charge in [0.25, 0.3) is 5.91 Å². The summed E-state index contributed by atoms with van der Waals surface area (Å²) in [6.45, 7) is 1.32. The molecule has 0 spiro atoms. The lowest BCUT2D eigenvalue weighted by Crippen LogP contribution is -2.25. The lowest BCUT2D eigenvalue weighted by atomic mass is 10.1. The predicted molar refractivity (Wildman–Crippen MR) is 136 cm³/mol. The number of rotatable bonds is 8. The first-order valence-corrected chi connectivity index (χ1v) is 11.6. The van der Waals surface area contributed by atoms with Crippen molar-refractivity contribution in [3.63, 3.8) is 0 Å². The third-order valence-corrected chi connectivity index (χ3v) is 6.10. The Morgan fingerprint density at radius 3 is 2.56 bits per heavy atom. The highest BCUT2D eigenvalue weighted by Crippen LogP contribution is 2.22. The monoisotopic (exact) mass is 449 g/mol. The summed E-state index contributed by atoms with van der Waals surface area (Å²) in [6, 6.07) is 30.6. The van der Waals surface area contributed by atoms with Gasteiger partial charge in [0.1, 0.15) is 11.6 Å². The van der Waals surface area contributed by atoms with E-state index in [0.29, 0.717) is 17.9 Å². The molecule has 0 aliphatic rings. The number of methoxy groups -OCH3 is 1.